The number of hydrogen-bond donors (Lipinski definition) is 1. The van der Waals surface area contributed by atoms with E-state index in [9.17, 15) is 4.79 Å². The van der Waals surface area contributed by atoms with Crippen LogP contribution in [0.2, 0.25) is 0 Å². The van der Waals surface area contributed by atoms with Gasteiger partial charge in [0.05, 0.1) is 0 Å². The maximum atomic E-state index is 12.1. The monoisotopic (exact) mass is 226 g/mol. The third-order valence-corrected chi connectivity index (χ3v) is 3.73. The second-order valence-electron chi connectivity index (χ2n) is 4.78. The molecule has 94 valence electrons. The highest BCUT2D eigenvalue weighted by Gasteiger charge is 2.32. The summed E-state index contributed by atoms with van der Waals surface area (Å²) in [7, 11) is 0. The van der Waals surface area contributed by atoms with E-state index < -0.39 is 0 Å². The Hall–Kier alpha value is -0.570. The normalized spacial score (nSPS) is 24.7. The molecule has 0 heterocycles. The summed E-state index contributed by atoms with van der Waals surface area (Å²) >= 11 is 0. The Kier molecular flexibility index (Phi) is 5.81. The smallest absolute Gasteiger partial charge is 0.222 e. The van der Waals surface area contributed by atoms with Crippen molar-refractivity contribution in [1.82, 2.24) is 4.90 Å². The lowest BCUT2D eigenvalue weighted by molar-refractivity contribution is -0.134. The van der Waals surface area contributed by atoms with E-state index in [1.54, 1.807) is 0 Å². The molecule has 0 bridgehead atoms. The van der Waals surface area contributed by atoms with Crippen LogP contribution in [0.3, 0.4) is 0 Å². The fraction of sp³-hybridized carbons (Fsp3) is 0.923. The van der Waals surface area contributed by atoms with Gasteiger partial charge in [0.2, 0.25) is 5.91 Å². The largest absolute Gasteiger partial charge is 0.340 e. The Morgan fingerprint density at radius 1 is 1.38 bits per heavy atom. The SMILES string of the molecule is CCCCC(=O)N(CC)C1CCCC1CN. The van der Waals surface area contributed by atoms with E-state index in [2.05, 4.69) is 18.7 Å². The molecule has 3 nitrogen and oxygen atoms in total. The molecule has 2 atom stereocenters. The lowest BCUT2D eigenvalue weighted by Crippen LogP contribution is -2.44. The van der Waals surface area contributed by atoms with E-state index in [-0.39, 0.29) is 0 Å². The lowest BCUT2D eigenvalue weighted by Gasteiger charge is -2.32. The van der Waals surface area contributed by atoms with Crippen LogP contribution in [-0.2, 0) is 4.79 Å². The number of unbranched alkanes of at least 4 members (excludes halogenated alkanes) is 1. The topological polar surface area (TPSA) is 46.3 Å². The molecule has 0 aromatic rings. The number of nitrogens with two attached hydrogens (primary N) is 1. The molecule has 0 saturated heterocycles. The standard InChI is InChI=1S/C13H26N2O/c1-3-5-9-13(16)15(4-2)12-8-6-7-11(12)10-14/h11-12H,3-10,14H2,1-2H3. The van der Waals surface area contributed by atoms with E-state index in [0.717, 1.165) is 32.4 Å². The molecule has 1 fully saturated rings. The molecule has 2 unspecified atom stereocenters. The Morgan fingerprint density at radius 2 is 2.12 bits per heavy atom. The van der Waals surface area contributed by atoms with Crippen molar-refractivity contribution in [2.75, 3.05) is 13.1 Å². The molecular weight excluding hydrogens is 200 g/mol. The van der Waals surface area contributed by atoms with Crippen LogP contribution in [0.25, 0.3) is 0 Å². The molecule has 2 N–H and O–H groups in total. The van der Waals surface area contributed by atoms with Gasteiger partial charge in [0.25, 0.3) is 0 Å². The fourth-order valence-corrected chi connectivity index (χ4v) is 2.77. The molecule has 1 aliphatic carbocycles. The van der Waals surface area contributed by atoms with E-state index in [1.807, 2.05) is 0 Å². The quantitative estimate of drug-likeness (QED) is 0.754. The van der Waals surface area contributed by atoms with Gasteiger partial charge in [-0.2, -0.15) is 0 Å². The van der Waals surface area contributed by atoms with E-state index in [4.69, 9.17) is 5.73 Å². The molecule has 1 rings (SSSR count). The van der Waals surface area contributed by atoms with Gasteiger partial charge in [-0.3, -0.25) is 4.79 Å². The first kappa shape index (κ1) is 13.5. The van der Waals surface area contributed by atoms with Crippen LogP contribution >= 0.6 is 0 Å². The zero-order valence-electron chi connectivity index (χ0n) is 10.7. The zero-order chi connectivity index (χ0) is 12.0. The van der Waals surface area contributed by atoms with Gasteiger partial charge >= 0.3 is 0 Å². The Bertz CT molecular complexity index is 218. The van der Waals surface area contributed by atoms with Crippen LogP contribution in [-0.4, -0.2) is 29.9 Å². The van der Waals surface area contributed by atoms with Gasteiger partial charge in [0.1, 0.15) is 0 Å². The van der Waals surface area contributed by atoms with Gasteiger partial charge < -0.3 is 10.6 Å². The highest BCUT2D eigenvalue weighted by Crippen LogP contribution is 2.29. The summed E-state index contributed by atoms with van der Waals surface area (Å²) in [6.07, 6.45) is 6.37. The van der Waals surface area contributed by atoms with Crippen molar-refractivity contribution in [1.29, 1.82) is 0 Å². The third-order valence-electron chi connectivity index (χ3n) is 3.73. The summed E-state index contributed by atoms with van der Waals surface area (Å²) in [6, 6.07) is 0.416. The summed E-state index contributed by atoms with van der Waals surface area (Å²) in [5.74, 6) is 0.861. The number of carbonyl (C=O) groups is 1. The number of carbonyl (C=O) groups excluding carboxylic acids is 1. The maximum absolute atomic E-state index is 12.1. The van der Waals surface area contributed by atoms with Gasteiger partial charge in [-0.05, 0) is 38.6 Å². The molecule has 0 radical (unpaired) electrons. The first-order valence-corrected chi connectivity index (χ1v) is 6.74. The Balaban J connectivity index is 2.55. The predicted octanol–water partition coefficient (Wildman–Crippen LogP) is 2.15. The number of amides is 1. The first-order valence-electron chi connectivity index (χ1n) is 6.74. The van der Waals surface area contributed by atoms with Crippen molar-refractivity contribution in [3.05, 3.63) is 0 Å². The molecule has 0 aliphatic heterocycles. The molecule has 0 aromatic heterocycles. The molecule has 1 aliphatic rings. The predicted molar refractivity (Wildman–Crippen MR) is 67.1 cm³/mol. The molecule has 1 amide bonds. The zero-order valence-corrected chi connectivity index (χ0v) is 10.7. The van der Waals surface area contributed by atoms with Gasteiger partial charge in [-0.15, -0.1) is 0 Å². The number of rotatable bonds is 6. The highest BCUT2D eigenvalue weighted by molar-refractivity contribution is 5.76. The highest BCUT2D eigenvalue weighted by atomic mass is 16.2. The van der Waals surface area contributed by atoms with E-state index in [0.29, 0.717) is 24.3 Å². The van der Waals surface area contributed by atoms with Crippen LogP contribution in [0.1, 0.15) is 52.4 Å². The number of hydrogen-bond acceptors (Lipinski definition) is 2. The minimum atomic E-state index is 0.328. The van der Waals surface area contributed by atoms with Crippen molar-refractivity contribution >= 4 is 5.91 Å². The van der Waals surface area contributed by atoms with Crippen LogP contribution in [0.5, 0.6) is 0 Å². The first-order chi connectivity index (χ1) is 7.74. The fourth-order valence-electron chi connectivity index (χ4n) is 2.77. The molecule has 16 heavy (non-hydrogen) atoms. The maximum Gasteiger partial charge on any atom is 0.222 e. The Morgan fingerprint density at radius 3 is 2.69 bits per heavy atom. The van der Waals surface area contributed by atoms with Gasteiger partial charge in [-0.25, -0.2) is 0 Å². The molecule has 0 spiro atoms. The van der Waals surface area contributed by atoms with E-state index in [1.165, 1.54) is 12.8 Å². The summed E-state index contributed by atoms with van der Waals surface area (Å²) < 4.78 is 0. The summed E-state index contributed by atoms with van der Waals surface area (Å²) in [4.78, 5) is 14.1. The Labute approximate surface area is 99.4 Å². The average Bonchev–Trinajstić information content (AvgIpc) is 2.75. The minimum Gasteiger partial charge on any atom is -0.340 e. The molecular formula is C13H26N2O. The van der Waals surface area contributed by atoms with Gasteiger partial charge in [0.15, 0.2) is 0 Å². The minimum absolute atomic E-state index is 0.328. The molecule has 3 heteroatoms. The molecule has 1 saturated carbocycles. The second kappa shape index (κ2) is 6.89. The van der Waals surface area contributed by atoms with Crippen molar-refractivity contribution in [3.63, 3.8) is 0 Å². The van der Waals surface area contributed by atoms with Gasteiger partial charge in [-0.1, -0.05) is 19.8 Å². The van der Waals surface area contributed by atoms with Crippen molar-refractivity contribution in [2.45, 2.75) is 58.4 Å². The van der Waals surface area contributed by atoms with Crippen molar-refractivity contribution in [3.8, 4) is 0 Å². The lowest BCUT2D eigenvalue weighted by atomic mass is 10.0. The van der Waals surface area contributed by atoms with Crippen molar-refractivity contribution in [2.24, 2.45) is 11.7 Å². The average molecular weight is 226 g/mol. The third kappa shape index (κ3) is 3.21. The summed E-state index contributed by atoms with van der Waals surface area (Å²) in [6.45, 7) is 5.77. The number of nitrogens with zero attached hydrogens (tertiary/aromatic N) is 1. The van der Waals surface area contributed by atoms with E-state index >= 15 is 0 Å². The van der Waals surface area contributed by atoms with Crippen LogP contribution in [0, 0.1) is 5.92 Å². The second-order valence-corrected chi connectivity index (χ2v) is 4.78. The van der Waals surface area contributed by atoms with Crippen LogP contribution < -0.4 is 5.73 Å². The van der Waals surface area contributed by atoms with Crippen LogP contribution in [0.4, 0.5) is 0 Å². The summed E-state index contributed by atoms with van der Waals surface area (Å²) in [5.41, 5.74) is 5.78. The van der Waals surface area contributed by atoms with Crippen molar-refractivity contribution < 1.29 is 4.79 Å². The van der Waals surface area contributed by atoms with Gasteiger partial charge in [0, 0.05) is 19.0 Å². The molecule has 0 aromatic carbocycles. The van der Waals surface area contributed by atoms with Crippen LogP contribution in [0.15, 0.2) is 0 Å². The summed E-state index contributed by atoms with van der Waals surface area (Å²) in [5, 5.41) is 0.